The fourth-order valence-corrected chi connectivity index (χ4v) is 3.69. The van der Waals surface area contributed by atoms with E-state index in [1.54, 1.807) is 30.3 Å². The summed E-state index contributed by atoms with van der Waals surface area (Å²) in [6.07, 6.45) is -3.34. The van der Waals surface area contributed by atoms with Gasteiger partial charge in [-0.1, -0.05) is 18.2 Å². The van der Waals surface area contributed by atoms with E-state index in [9.17, 15) is 18.9 Å². The molecule has 0 bridgehead atoms. The van der Waals surface area contributed by atoms with Crippen molar-refractivity contribution in [1.82, 2.24) is 19.5 Å². The van der Waals surface area contributed by atoms with Gasteiger partial charge in [-0.15, -0.1) is 0 Å². The molecule has 158 valence electrons. The third-order valence-corrected chi connectivity index (χ3v) is 5.06. The Bertz CT molecular complexity index is 1080. The number of carbonyl (C=O) groups excluding carboxylic acids is 1. The van der Waals surface area contributed by atoms with Crippen LogP contribution in [-0.4, -0.2) is 60.4 Å². The molecule has 3 N–H and O–H groups in total. The van der Waals surface area contributed by atoms with Crippen LogP contribution in [0.4, 0.5) is 10.2 Å². The Morgan fingerprint density at radius 2 is 2.07 bits per heavy atom. The largest absolute Gasteiger partial charge is 0.394 e. The van der Waals surface area contributed by atoms with E-state index in [0.29, 0.717) is 5.56 Å². The summed E-state index contributed by atoms with van der Waals surface area (Å²) in [5.41, 5.74) is 0.786. The fraction of sp³-hybridized carbons (Fsp3) is 0.294. The lowest BCUT2D eigenvalue weighted by Gasteiger charge is -2.19. The molecule has 1 saturated heterocycles. The van der Waals surface area contributed by atoms with Crippen LogP contribution in [0.25, 0.3) is 11.2 Å². The topological polar surface area (TPSA) is 149 Å². The molecule has 0 saturated carbocycles. The van der Waals surface area contributed by atoms with E-state index >= 15 is 0 Å². The van der Waals surface area contributed by atoms with Gasteiger partial charge in [0.2, 0.25) is 0 Å². The summed E-state index contributed by atoms with van der Waals surface area (Å²) in [4.78, 5) is 33.8. The van der Waals surface area contributed by atoms with Crippen LogP contribution < -0.4 is 5.32 Å². The molecular formula is C17H17FN5O6P. The zero-order valence-corrected chi connectivity index (χ0v) is 16.3. The van der Waals surface area contributed by atoms with Crippen LogP contribution in [0.15, 0.2) is 43.0 Å². The van der Waals surface area contributed by atoms with E-state index in [1.165, 1.54) is 17.2 Å². The van der Waals surface area contributed by atoms with Gasteiger partial charge >= 0.3 is 8.25 Å². The Balaban J connectivity index is 1.67. The Kier molecular flexibility index (Phi) is 5.84. The second-order valence-corrected chi connectivity index (χ2v) is 7.17. The molecule has 1 aliphatic heterocycles. The Labute approximate surface area is 169 Å². The molecular weight excluding hydrogens is 420 g/mol. The third kappa shape index (κ3) is 3.83. The second-order valence-electron chi connectivity index (χ2n) is 6.41. The van der Waals surface area contributed by atoms with E-state index in [4.69, 9.17) is 14.2 Å². The SMILES string of the molecule is O=C(Nc1ncnc2c1ncn2[C@@H]1O[C@H](CO)[C@@H](F)[C@H]1O[PH](=O)O)c1ccccc1. The molecule has 4 rings (SSSR count). The summed E-state index contributed by atoms with van der Waals surface area (Å²) < 4.78 is 37.3. The molecule has 1 fully saturated rings. The van der Waals surface area contributed by atoms with E-state index in [-0.39, 0.29) is 17.0 Å². The number of hydrogen-bond acceptors (Lipinski definition) is 8. The van der Waals surface area contributed by atoms with Crippen LogP contribution in [0.2, 0.25) is 0 Å². The second kappa shape index (κ2) is 8.54. The Hall–Kier alpha value is -2.76. The number of carbonyl (C=O) groups is 1. The molecule has 0 radical (unpaired) electrons. The first-order valence-corrected chi connectivity index (χ1v) is 10.1. The van der Waals surface area contributed by atoms with Gasteiger partial charge < -0.3 is 20.1 Å². The van der Waals surface area contributed by atoms with Crippen molar-refractivity contribution in [3.05, 3.63) is 48.5 Å². The molecule has 13 heteroatoms. The summed E-state index contributed by atoms with van der Waals surface area (Å²) in [5.74, 6) is -0.291. The summed E-state index contributed by atoms with van der Waals surface area (Å²) >= 11 is 0. The maximum absolute atomic E-state index is 14.5. The normalized spacial score (nSPS) is 24.8. The number of nitrogens with zero attached hydrogens (tertiary/aromatic N) is 4. The molecule has 3 heterocycles. The van der Waals surface area contributed by atoms with E-state index < -0.39 is 45.4 Å². The number of alkyl halides is 1. The van der Waals surface area contributed by atoms with Crippen molar-refractivity contribution in [2.45, 2.75) is 24.6 Å². The number of imidazole rings is 1. The van der Waals surface area contributed by atoms with Crippen molar-refractivity contribution in [2.24, 2.45) is 0 Å². The molecule has 5 atom stereocenters. The van der Waals surface area contributed by atoms with Gasteiger partial charge in [-0.25, -0.2) is 19.3 Å². The number of aliphatic hydroxyl groups excluding tert-OH is 1. The lowest BCUT2D eigenvalue weighted by Crippen LogP contribution is -2.30. The molecule has 1 aromatic carbocycles. The number of benzene rings is 1. The van der Waals surface area contributed by atoms with Crippen LogP contribution in [0.3, 0.4) is 0 Å². The average Bonchev–Trinajstić information content (AvgIpc) is 3.30. The minimum Gasteiger partial charge on any atom is -0.394 e. The molecule has 0 spiro atoms. The highest BCUT2D eigenvalue weighted by molar-refractivity contribution is 7.32. The van der Waals surface area contributed by atoms with Gasteiger partial charge in [0.05, 0.1) is 12.9 Å². The highest BCUT2D eigenvalue weighted by atomic mass is 31.1. The summed E-state index contributed by atoms with van der Waals surface area (Å²) in [7, 11) is -3.49. The van der Waals surface area contributed by atoms with Crippen molar-refractivity contribution < 1.29 is 33.0 Å². The maximum Gasteiger partial charge on any atom is 0.317 e. The van der Waals surface area contributed by atoms with Crippen LogP contribution in [0, 0.1) is 0 Å². The molecule has 1 amide bonds. The minimum atomic E-state index is -3.49. The van der Waals surface area contributed by atoms with Crippen LogP contribution >= 0.6 is 8.25 Å². The lowest BCUT2D eigenvalue weighted by atomic mass is 10.1. The number of ether oxygens (including phenoxy) is 1. The fourth-order valence-electron chi connectivity index (χ4n) is 3.21. The van der Waals surface area contributed by atoms with Gasteiger partial charge in [0.1, 0.15) is 18.5 Å². The number of rotatable bonds is 6. The number of amides is 1. The molecule has 11 nitrogen and oxygen atoms in total. The molecule has 30 heavy (non-hydrogen) atoms. The van der Waals surface area contributed by atoms with Crippen LogP contribution in [0.1, 0.15) is 16.6 Å². The number of halogens is 1. The van der Waals surface area contributed by atoms with Gasteiger partial charge in [-0.3, -0.25) is 18.5 Å². The standard InChI is InChI=1S/C17H17FN5O6P/c18-11-10(6-24)28-17(13(11)29-30(26)27)23-8-21-12-14(19-7-20-15(12)23)22-16(25)9-4-2-1-3-5-9/h1-5,7-8,10-11,13,17,24,30H,6H2,(H,26,27)(H,19,20,22,25)/t10-,11-,13-,17-/m1/s1. The lowest BCUT2D eigenvalue weighted by molar-refractivity contribution is -0.0458. The van der Waals surface area contributed by atoms with Gasteiger partial charge in [0.25, 0.3) is 5.91 Å². The number of hydrogen-bond donors (Lipinski definition) is 3. The number of aromatic nitrogens is 4. The van der Waals surface area contributed by atoms with E-state index in [0.717, 1.165) is 0 Å². The quantitative estimate of drug-likeness (QED) is 0.482. The molecule has 1 unspecified atom stereocenters. The van der Waals surface area contributed by atoms with Gasteiger partial charge in [-0.2, -0.15) is 0 Å². The number of anilines is 1. The molecule has 3 aromatic rings. The van der Waals surface area contributed by atoms with E-state index in [1.807, 2.05) is 0 Å². The Morgan fingerprint density at radius 1 is 1.30 bits per heavy atom. The number of fused-ring (bicyclic) bond motifs is 1. The first kappa shape index (κ1) is 20.5. The molecule has 0 aliphatic carbocycles. The van der Waals surface area contributed by atoms with Crippen molar-refractivity contribution in [3.8, 4) is 0 Å². The van der Waals surface area contributed by atoms with Crippen LogP contribution in [0.5, 0.6) is 0 Å². The van der Waals surface area contributed by atoms with E-state index in [2.05, 4.69) is 20.3 Å². The monoisotopic (exact) mass is 437 g/mol. The van der Waals surface area contributed by atoms with Crippen molar-refractivity contribution >= 4 is 31.1 Å². The summed E-state index contributed by atoms with van der Waals surface area (Å²) in [5, 5.41) is 12.0. The minimum absolute atomic E-state index is 0.120. The first-order chi connectivity index (χ1) is 14.5. The highest BCUT2D eigenvalue weighted by Gasteiger charge is 2.48. The molecule has 2 aromatic heterocycles. The third-order valence-electron chi connectivity index (χ3n) is 4.58. The summed E-state index contributed by atoms with van der Waals surface area (Å²) in [6.45, 7) is -0.649. The number of nitrogens with one attached hydrogen (secondary N) is 1. The van der Waals surface area contributed by atoms with Crippen molar-refractivity contribution in [1.29, 1.82) is 0 Å². The van der Waals surface area contributed by atoms with Crippen molar-refractivity contribution in [3.63, 3.8) is 0 Å². The van der Waals surface area contributed by atoms with Crippen molar-refractivity contribution in [2.75, 3.05) is 11.9 Å². The average molecular weight is 437 g/mol. The van der Waals surface area contributed by atoms with Gasteiger partial charge in [-0.05, 0) is 12.1 Å². The van der Waals surface area contributed by atoms with Gasteiger partial charge in [0.15, 0.2) is 29.4 Å². The zero-order chi connectivity index (χ0) is 21.3. The van der Waals surface area contributed by atoms with Crippen LogP contribution in [-0.2, 0) is 13.8 Å². The Morgan fingerprint density at radius 3 is 2.77 bits per heavy atom. The highest BCUT2D eigenvalue weighted by Crippen LogP contribution is 2.39. The predicted octanol–water partition coefficient (Wildman–Crippen LogP) is 1.07. The maximum atomic E-state index is 14.5. The predicted molar refractivity (Wildman–Crippen MR) is 102 cm³/mol. The molecule has 1 aliphatic rings. The zero-order valence-electron chi connectivity index (χ0n) is 15.3. The first-order valence-electron chi connectivity index (χ1n) is 8.83. The van der Waals surface area contributed by atoms with Gasteiger partial charge in [0, 0.05) is 5.56 Å². The smallest absolute Gasteiger partial charge is 0.317 e. The summed E-state index contributed by atoms with van der Waals surface area (Å²) in [6, 6.07) is 8.48. The number of aliphatic hydroxyl groups is 1.